The third-order valence-corrected chi connectivity index (χ3v) is 6.06. The van der Waals surface area contributed by atoms with Gasteiger partial charge in [0.2, 0.25) is 5.09 Å². The summed E-state index contributed by atoms with van der Waals surface area (Å²) >= 11 is 6.03. The number of hydrogen-bond donors (Lipinski definition) is 1. The van der Waals surface area contributed by atoms with E-state index >= 15 is 0 Å². The number of carbonyl (C=O) groups is 1. The topological polar surface area (TPSA) is 79.6 Å². The van der Waals surface area contributed by atoms with Crippen molar-refractivity contribution in [1.82, 2.24) is 9.62 Å². The molecular weight excluding hydrogens is 371 g/mol. The first-order chi connectivity index (χ1) is 11.7. The number of sulfonamides is 1. The molecule has 3 rings (SSSR count). The van der Waals surface area contributed by atoms with E-state index in [1.807, 2.05) is 0 Å². The smallest absolute Gasteiger partial charge is 0.275 e. The Kier molecular flexibility index (Phi) is 4.61. The van der Waals surface area contributed by atoms with Gasteiger partial charge in [-0.15, -0.1) is 0 Å². The van der Waals surface area contributed by atoms with E-state index in [2.05, 4.69) is 5.32 Å². The molecule has 0 saturated heterocycles. The summed E-state index contributed by atoms with van der Waals surface area (Å²) in [6, 6.07) is 5.36. The second kappa shape index (κ2) is 6.44. The van der Waals surface area contributed by atoms with Crippen molar-refractivity contribution >= 4 is 27.5 Å². The monoisotopic (exact) mass is 386 g/mol. The number of carbonyl (C=O) groups excluding carboxylic acids is 1. The van der Waals surface area contributed by atoms with Crippen LogP contribution in [0.4, 0.5) is 4.39 Å². The van der Waals surface area contributed by atoms with Crippen LogP contribution in [0.5, 0.6) is 0 Å². The van der Waals surface area contributed by atoms with Gasteiger partial charge < -0.3 is 9.73 Å². The highest BCUT2D eigenvalue weighted by Crippen LogP contribution is 2.45. The van der Waals surface area contributed by atoms with Crippen LogP contribution in [0.25, 0.3) is 0 Å². The fourth-order valence-corrected chi connectivity index (χ4v) is 3.65. The molecule has 0 radical (unpaired) electrons. The summed E-state index contributed by atoms with van der Waals surface area (Å²) in [6.07, 6.45) is 1.65. The molecule has 1 aromatic heterocycles. The summed E-state index contributed by atoms with van der Waals surface area (Å²) in [5.41, 5.74) is 0.475. The molecule has 1 fully saturated rings. The lowest BCUT2D eigenvalue weighted by Gasteiger charge is -2.07. The Bertz CT molecular complexity index is 906. The minimum Gasteiger partial charge on any atom is -0.451 e. The normalized spacial score (nSPS) is 19.9. The van der Waals surface area contributed by atoms with Crippen molar-refractivity contribution in [2.24, 2.45) is 0 Å². The first kappa shape index (κ1) is 17.9. The summed E-state index contributed by atoms with van der Waals surface area (Å²) in [6.45, 7) is 0. The van der Waals surface area contributed by atoms with E-state index in [4.69, 9.17) is 16.0 Å². The first-order valence-electron chi connectivity index (χ1n) is 7.47. The van der Waals surface area contributed by atoms with Crippen LogP contribution in [0.15, 0.2) is 40.0 Å². The fraction of sp³-hybridized carbons (Fsp3) is 0.312. The average Bonchev–Trinajstić information content (AvgIpc) is 3.09. The van der Waals surface area contributed by atoms with Crippen LogP contribution in [0.3, 0.4) is 0 Å². The fourth-order valence-electron chi connectivity index (χ4n) is 2.54. The van der Waals surface area contributed by atoms with E-state index in [9.17, 15) is 17.6 Å². The van der Waals surface area contributed by atoms with Crippen LogP contribution >= 0.6 is 11.6 Å². The standard InChI is InChI=1S/C16H16ClFN2O4S/c1-20(2)25(22,23)14-6-9(8-24-14)16(21)19-13-7-10(13)15-11(17)4-3-5-12(15)18/h3-6,8,10,13H,7H2,1-2H3,(H,19,21)/t10-,13+/m1/s1. The summed E-state index contributed by atoms with van der Waals surface area (Å²) in [5, 5.41) is 2.75. The van der Waals surface area contributed by atoms with Crippen LogP contribution in [0, 0.1) is 5.82 Å². The lowest BCUT2D eigenvalue weighted by Crippen LogP contribution is -2.26. The van der Waals surface area contributed by atoms with Gasteiger partial charge in [-0.2, -0.15) is 0 Å². The average molecular weight is 387 g/mol. The van der Waals surface area contributed by atoms with Gasteiger partial charge in [-0.25, -0.2) is 17.1 Å². The Morgan fingerprint density at radius 2 is 2.12 bits per heavy atom. The van der Waals surface area contributed by atoms with Gasteiger partial charge >= 0.3 is 0 Å². The predicted molar refractivity (Wildman–Crippen MR) is 89.6 cm³/mol. The highest BCUT2D eigenvalue weighted by atomic mass is 35.5. The minimum atomic E-state index is -3.75. The summed E-state index contributed by atoms with van der Waals surface area (Å²) < 4.78 is 43.8. The zero-order chi connectivity index (χ0) is 18.4. The Hall–Kier alpha value is -1.90. The molecule has 1 aromatic carbocycles. The number of furan rings is 1. The van der Waals surface area contributed by atoms with Crippen molar-refractivity contribution < 1.29 is 22.0 Å². The molecule has 1 amide bonds. The van der Waals surface area contributed by atoms with Crippen molar-refractivity contribution in [2.45, 2.75) is 23.5 Å². The van der Waals surface area contributed by atoms with Crippen LogP contribution in [0.2, 0.25) is 5.02 Å². The van der Waals surface area contributed by atoms with Gasteiger partial charge in [0.25, 0.3) is 15.9 Å². The number of benzene rings is 1. The van der Waals surface area contributed by atoms with Gasteiger partial charge in [0.05, 0.1) is 5.56 Å². The molecule has 1 aliphatic carbocycles. The summed E-state index contributed by atoms with van der Waals surface area (Å²) in [5.74, 6) is -1.09. The molecule has 134 valence electrons. The van der Waals surface area contributed by atoms with Crippen LogP contribution in [-0.2, 0) is 10.0 Å². The van der Waals surface area contributed by atoms with E-state index in [1.54, 1.807) is 6.07 Å². The summed E-state index contributed by atoms with van der Waals surface area (Å²) in [7, 11) is -1.02. The Morgan fingerprint density at radius 3 is 2.76 bits per heavy atom. The molecule has 0 bridgehead atoms. The summed E-state index contributed by atoms with van der Waals surface area (Å²) in [4.78, 5) is 12.2. The number of amides is 1. The third-order valence-electron chi connectivity index (χ3n) is 4.05. The van der Waals surface area contributed by atoms with E-state index < -0.39 is 21.7 Å². The van der Waals surface area contributed by atoms with E-state index in [0.29, 0.717) is 17.0 Å². The molecule has 0 spiro atoms. The maximum Gasteiger partial charge on any atom is 0.275 e. The zero-order valence-electron chi connectivity index (χ0n) is 13.5. The number of hydrogen-bond acceptors (Lipinski definition) is 4. The molecule has 1 aliphatic rings. The number of rotatable bonds is 5. The highest BCUT2D eigenvalue weighted by molar-refractivity contribution is 7.88. The quantitative estimate of drug-likeness (QED) is 0.856. The Labute approximate surface area is 149 Å². The molecule has 9 heteroatoms. The molecule has 25 heavy (non-hydrogen) atoms. The maximum atomic E-state index is 13.9. The number of halogens is 2. The predicted octanol–water partition coefficient (Wildman–Crippen LogP) is 2.61. The minimum absolute atomic E-state index is 0.0886. The van der Waals surface area contributed by atoms with Crippen molar-refractivity contribution in [1.29, 1.82) is 0 Å². The SMILES string of the molecule is CN(C)S(=O)(=O)c1cc(C(=O)N[C@H]2C[C@H]2c2c(F)cccc2Cl)co1. The largest absolute Gasteiger partial charge is 0.451 e. The van der Waals surface area contributed by atoms with Crippen molar-refractivity contribution in [3.8, 4) is 0 Å². The molecule has 1 N–H and O–H groups in total. The van der Waals surface area contributed by atoms with Crippen molar-refractivity contribution in [3.63, 3.8) is 0 Å². The van der Waals surface area contributed by atoms with Crippen LogP contribution < -0.4 is 5.32 Å². The van der Waals surface area contributed by atoms with E-state index in [1.165, 1.54) is 26.2 Å². The van der Waals surface area contributed by atoms with Gasteiger partial charge in [-0.3, -0.25) is 4.79 Å². The van der Waals surface area contributed by atoms with Gasteiger partial charge in [-0.1, -0.05) is 17.7 Å². The Morgan fingerprint density at radius 1 is 1.40 bits per heavy atom. The zero-order valence-corrected chi connectivity index (χ0v) is 15.1. The molecule has 0 unspecified atom stereocenters. The van der Waals surface area contributed by atoms with Crippen LogP contribution in [-0.4, -0.2) is 38.8 Å². The van der Waals surface area contributed by atoms with E-state index in [0.717, 1.165) is 16.6 Å². The molecule has 2 atom stereocenters. The molecule has 6 nitrogen and oxygen atoms in total. The molecule has 0 aliphatic heterocycles. The van der Waals surface area contributed by atoms with Crippen molar-refractivity contribution in [3.05, 3.63) is 52.5 Å². The van der Waals surface area contributed by atoms with Gasteiger partial charge in [0.1, 0.15) is 12.1 Å². The number of nitrogens with one attached hydrogen (secondary N) is 1. The lowest BCUT2D eigenvalue weighted by atomic mass is 10.1. The molecule has 2 aromatic rings. The van der Waals surface area contributed by atoms with Gasteiger partial charge in [0, 0.05) is 42.7 Å². The lowest BCUT2D eigenvalue weighted by molar-refractivity contribution is 0.0949. The second-order valence-corrected chi connectivity index (χ2v) is 8.49. The van der Waals surface area contributed by atoms with Crippen LogP contribution in [0.1, 0.15) is 28.3 Å². The molecule has 1 saturated carbocycles. The van der Waals surface area contributed by atoms with Gasteiger partial charge in [-0.05, 0) is 18.6 Å². The number of nitrogens with zero attached hydrogens (tertiary/aromatic N) is 1. The first-order valence-corrected chi connectivity index (χ1v) is 9.29. The van der Waals surface area contributed by atoms with Crippen molar-refractivity contribution in [2.75, 3.05) is 14.1 Å². The highest BCUT2D eigenvalue weighted by Gasteiger charge is 2.42. The van der Waals surface area contributed by atoms with Gasteiger partial charge in [0.15, 0.2) is 0 Å². The second-order valence-electron chi connectivity index (χ2n) is 6.00. The van der Waals surface area contributed by atoms with E-state index in [-0.39, 0.29) is 22.6 Å². The molecule has 1 heterocycles. The molecular formula is C16H16ClFN2O4S. The Balaban J connectivity index is 1.70. The maximum absolute atomic E-state index is 13.9. The third kappa shape index (κ3) is 3.42.